The summed E-state index contributed by atoms with van der Waals surface area (Å²) in [5, 5.41) is 5.90. The quantitative estimate of drug-likeness (QED) is 0.756. The van der Waals surface area contributed by atoms with Gasteiger partial charge in [0, 0.05) is 18.1 Å². The van der Waals surface area contributed by atoms with Gasteiger partial charge in [0.15, 0.2) is 0 Å². The van der Waals surface area contributed by atoms with Crippen molar-refractivity contribution in [3.05, 3.63) is 70.5 Å². The van der Waals surface area contributed by atoms with Crippen LogP contribution in [0.3, 0.4) is 0 Å². The van der Waals surface area contributed by atoms with Crippen molar-refractivity contribution >= 4 is 23.4 Å². The Morgan fingerprint density at radius 2 is 1.62 bits per heavy atom. The molecule has 0 atom stereocenters. The highest BCUT2D eigenvalue weighted by Crippen LogP contribution is 2.14. The number of hydrogen-bond donors (Lipinski definition) is 2. The maximum atomic E-state index is 12.8. The van der Waals surface area contributed by atoms with E-state index >= 15 is 0 Å². The molecule has 2 N–H and O–H groups in total. The Morgan fingerprint density at radius 3 is 2.33 bits per heavy atom. The van der Waals surface area contributed by atoms with Crippen LogP contribution in [-0.4, -0.2) is 18.4 Å². The van der Waals surface area contributed by atoms with Gasteiger partial charge in [-0.15, -0.1) is 0 Å². The van der Waals surface area contributed by atoms with Gasteiger partial charge in [-0.1, -0.05) is 41.9 Å². The van der Waals surface area contributed by atoms with Crippen LogP contribution in [0, 0.1) is 5.82 Å². The molecule has 0 aliphatic rings. The summed E-state index contributed by atoms with van der Waals surface area (Å²) in [7, 11) is 0. The Hall–Kier alpha value is -2.40. The maximum absolute atomic E-state index is 12.8. The van der Waals surface area contributed by atoms with E-state index in [0.29, 0.717) is 18.0 Å². The first kappa shape index (κ1) is 17.9. The van der Waals surface area contributed by atoms with Gasteiger partial charge in [0.05, 0.1) is 0 Å². The summed E-state index contributed by atoms with van der Waals surface area (Å²) in [6.45, 7) is 0.670. The minimum Gasteiger partial charge on any atom is -0.355 e. The molecule has 0 heterocycles. The van der Waals surface area contributed by atoms with E-state index in [4.69, 9.17) is 11.6 Å². The first-order valence-corrected chi connectivity index (χ1v) is 7.93. The molecule has 0 aliphatic carbocycles. The monoisotopic (exact) mass is 348 g/mol. The summed E-state index contributed by atoms with van der Waals surface area (Å²) in [5.74, 6) is -1.01. The Balaban J connectivity index is 1.67. The lowest BCUT2D eigenvalue weighted by molar-refractivity contribution is -0.129. The second kappa shape index (κ2) is 9.03. The third kappa shape index (κ3) is 6.01. The van der Waals surface area contributed by atoms with Crippen LogP contribution in [0.1, 0.15) is 17.5 Å². The van der Waals surface area contributed by atoms with Gasteiger partial charge in [-0.3, -0.25) is 9.59 Å². The van der Waals surface area contributed by atoms with E-state index in [9.17, 15) is 14.0 Å². The molecule has 126 valence electrons. The van der Waals surface area contributed by atoms with E-state index in [1.54, 1.807) is 18.2 Å². The first-order valence-electron chi connectivity index (χ1n) is 7.56. The van der Waals surface area contributed by atoms with E-state index in [-0.39, 0.29) is 30.6 Å². The molecule has 2 amide bonds. The maximum Gasteiger partial charge on any atom is 0.229 e. The second-order valence-corrected chi connectivity index (χ2v) is 5.68. The molecule has 0 radical (unpaired) electrons. The molecule has 0 unspecified atom stereocenters. The highest BCUT2D eigenvalue weighted by molar-refractivity contribution is 6.31. The zero-order valence-corrected chi connectivity index (χ0v) is 13.8. The fourth-order valence-electron chi connectivity index (χ4n) is 2.10. The third-order valence-electron chi connectivity index (χ3n) is 3.40. The molecule has 0 fully saturated rings. The Labute approximate surface area is 145 Å². The van der Waals surface area contributed by atoms with Crippen LogP contribution < -0.4 is 10.6 Å². The van der Waals surface area contributed by atoms with Crippen LogP contribution in [0.15, 0.2) is 48.5 Å². The molecule has 24 heavy (non-hydrogen) atoms. The Kier molecular flexibility index (Phi) is 6.75. The normalized spacial score (nSPS) is 10.2. The van der Waals surface area contributed by atoms with E-state index < -0.39 is 0 Å². The fraction of sp³-hybridized carbons (Fsp3) is 0.222. The zero-order valence-electron chi connectivity index (χ0n) is 13.0. The van der Waals surface area contributed by atoms with Crippen LogP contribution in [-0.2, 0) is 22.6 Å². The summed E-state index contributed by atoms with van der Waals surface area (Å²) in [4.78, 5) is 23.5. The summed E-state index contributed by atoms with van der Waals surface area (Å²) < 4.78 is 12.8. The van der Waals surface area contributed by atoms with Crippen molar-refractivity contribution in [2.24, 2.45) is 0 Å². The first-order chi connectivity index (χ1) is 11.5. The molecular weight excluding hydrogens is 331 g/mol. The molecular formula is C18H18ClFN2O2. The van der Waals surface area contributed by atoms with E-state index in [2.05, 4.69) is 10.6 Å². The largest absolute Gasteiger partial charge is 0.355 e. The number of amides is 2. The van der Waals surface area contributed by atoms with Crippen molar-refractivity contribution in [2.45, 2.75) is 19.4 Å². The average Bonchev–Trinajstić information content (AvgIpc) is 2.56. The summed E-state index contributed by atoms with van der Waals surface area (Å²) in [6.07, 6.45) is 0.334. The summed E-state index contributed by atoms with van der Waals surface area (Å²) in [5.41, 5.74) is 1.71. The number of nitrogens with one attached hydrogen (secondary N) is 2. The van der Waals surface area contributed by atoms with Crippen molar-refractivity contribution in [1.82, 2.24) is 10.6 Å². The lowest BCUT2D eigenvalue weighted by Crippen LogP contribution is -2.32. The van der Waals surface area contributed by atoms with Crippen LogP contribution in [0.2, 0.25) is 5.02 Å². The number of hydrogen-bond acceptors (Lipinski definition) is 2. The minimum absolute atomic E-state index is 0.242. The van der Waals surface area contributed by atoms with E-state index in [0.717, 1.165) is 11.1 Å². The average molecular weight is 349 g/mol. The van der Waals surface area contributed by atoms with Crippen LogP contribution in [0.25, 0.3) is 0 Å². The topological polar surface area (TPSA) is 58.2 Å². The van der Waals surface area contributed by atoms with Crippen LogP contribution in [0.5, 0.6) is 0 Å². The van der Waals surface area contributed by atoms with E-state index in [1.807, 2.05) is 18.2 Å². The molecule has 0 aliphatic heterocycles. The second-order valence-electron chi connectivity index (χ2n) is 5.27. The zero-order chi connectivity index (χ0) is 17.4. The number of rotatable bonds is 7. The third-order valence-corrected chi connectivity index (χ3v) is 3.77. The van der Waals surface area contributed by atoms with Crippen LogP contribution in [0.4, 0.5) is 4.39 Å². The molecule has 0 saturated heterocycles. The van der Waals surface area contributed by atoms with Gasteiger partial charge >= 0.3 is 0 Å². The Bertz CT molecular complexity index is 704. The molecule has 0 spiro atoms. The van der Waals surface area contributed by atoms with Crippen molar-refractivity contribution in [3.63, 3.8) is 0 Å². The number of benzene rings is 2. The molecule has 0 bridgehead atoms. The highest BCUT2D eigenvalue weighted by Gasteiger charge is 2.09. The van der Waals surface area contributed by atoms with Gasteiger partial charge < -0.3 is 10.6 Å². The lowest BCUT2D eigenvalue weighted by Gasteiger charge is -2.08. The molecule has 0 aromatic heterocycles. The predicted octanol–water partition coefficient (Wildman–Crippen LogP) is 2.84. The minimum atomic E-state index is -0.366. The molecule has 2 aromatic carbocycles. The van der Waals surface area contributed by atoms with Crippen molar-refractivity contribution in [2.75, 3.05) is 6.54 Å². The van der Waals surface area contributed by atoms with Gasteiger partial charge in [0.1, 0.15) is 12.2 Å². The fourth-order valence-corrected chi connectivity index (χ4v) is 2.31. The molecule has 0 saturated carbocycles. The SMILES string of the molecule is O=C(CC(=O)NCc1ccccc1Cl)NCCc1ccc(F)cc1. The number of carbonyl (C=O) groups is 2. The summed E-state index contributed by atoms with van der Waals surface area (Å²) in [6, 6.07) is 13.3. The van der Waals surface area contributed by atoms with Gasteiger partial charge in [-0.25, -0.2) is 4.39 Å². The smallest absolute Gasteiger partial charge is 0.229 e. The standard InChI is InChI=1S/C18H18ClFN2O2/c19-16-4-2-1-3-14(16)12-22-18(24)11-17(23)21-10-9-13-5-7-15(20)8-6-13/h1-8H,9-12H2,(H,21,23)(H,22,24). The van der Waals surface area contributed by atoms with Gasteiger partial charge in [0.25, 0.3) is 0 Å². The Morgan fingerprint density at radius 1 is 0.958 bits per heavy atom. The van der Waals surface area contributed by atoms with Gasteiger partial charge in [-0.05, 0) is 35.7 Å². The molecule has 6 heteroatoms. The highest BCUT2D eigenvalue weighted by atomic mass is 35.5. The molecule has 2 aromatic rings. The molecule has 4 nitrogen and oxygen atoms in total. The summed E-state index contributed by atoms with van der Waals surface area (Å²) >= 11 is 6.00. The van der Waals surface area contributed by atoms with Crippen molar-refractivity contribution in [3.8, 4) is 0 Å². The predicted molar refractivity (Wildman–Crippen MR) is 91.0 cm³/mol. The van der Waals surface area contributed by atoms with E-state index in [1.165, 1.54) is 12.1 Å². The number of carbonyl (C=O) groups excluding carboxylic acids is 2. The van der Waals surface area contributed by atoms with Gasteiger partial charge in [0.2, 0.25) is 11.8 Å². The number of halogens is 2. The van der Waals surface area contributed by atoms with Crippen molar-refractivity contribution in [1.29, 1.82) is 0 Å². The lowest BCUT2D eigenvalue weighted by atomic mass is 10.1. The molecule has 2 rings (SSSR count). The van der Waals surface area contributed by atoms with Gasteiger partial charge in [-0.2, -0.15) is 0 Å². The van der Waals surface area contributed by atoms with Crippen LogP contribution >= 0.6 is 11.6 Å². The van der Waals surface area contributed by atoms with Crippen molar-refractivity contribution < 1.29 is 14.0 Å².